The fourth-order valence-corrected chi connectivity index (χ4v) is 0.0478. The summed E-state index contributed by atoms with van der Waals surface area (Å²) >= 11 is 0. The van der Waals surface area contributed by atoms with Gasteiger partial charge in [0, 0.05) is 0 Å². The summed E-state index contributed by atoms with van der Waals surface area (Å²) in [5, 5.41) is 7.58. The van der Waals surface area contributed by atoms with Gasteiger partial charge in [-0.3, -0.25) is 0 Å². The molecule has 0 fully saturated rings. The van der Waals surface area contributed by atoms with Gasteiger partial charge in [0.1, 0.15) is 0 Å². The third-order valence-electron chi connectivity index (χ3n) is 0.163. The highest BCUT2D eigenvalue weighted by Gasteiger charge is 1.83. The summed E-state index contributed by atoms with van der Waals surface area (Å²) in [7, 11) is 0. The quantitative estimate of drug-likeness (QED) is 0.351. The number of carbonyl (C=O) groups is 1. The summed E-state index contributed by atoms with van der Waals surface area (Å²) in [4.78, 5) is 9.27. The number of hydrogen-bond acceptors (Lipinski definition) is 2. The molecule has 0 rings (SSSR count). The Morgan fingerprint density at radius 1 is 1.83 bits per heavy atom. The molecule has 0 spiro atoms. The summed E-state index contributed by atoms with van der Waals surface area (Å²) in [6.07, 6.45) is -1.32. The van der Waals surface area contributed by atoms with Gasteiger partial charge in [0.15, 0.2) is 0 Å². The topological polar surface area (TPSA) is 83.7 Å². The molecular weight excluding hydrogens is 86.0 g/mol. The van der Waals surface area contributed by atoms with Crippen LogP contribution in [-0.2, 0) is 0 Å². The molecule has 0 aliphatic carbocycles. The molecule has 3 N–H and O–H groups in total. The fourth-order valence-electron chi connectivity index (χ4n) is 0.0478. The van der Waals surface area contributed by atoms with Crippen LogP contribution in [0.2, 0.25) is 0 Å². The van der Waals surface area contributed by atoms with Crippen molar-refractivity contribution in [3.05, 3.63) is 0 Å². The van der Waals surface area contributed by atoms with Gasteiger partial charge in [-0.05, 0) is 5.84 Å². The van der Waals surface area contributed by atoms with Crippen LogP contribution >= 0.6 is 0 Å². The molecule has 0 aliphatic rings. The molecule has 1 amide bonds. The molecule has 0 aliphatic heterocycles. The average molecular weight is 89.1 g/mol. The molecule has 0 aromatic heterocycles. The zero-order valence-corrected chi connectivity index (χ0v) is 2.80. The Kier molecular flexibility index (Phi) is 2.10. The van der Waals surface area contributed by atoms with Crippen LogP contribution in [0.4, 0.5) is 4.79 Å². The smallest absolute Gasteiger partial charge is 0.420 e. The van der Waals surface area contributed by atoms with E-state index in [0.717, 1.165) is 0 Å². The molecule has 0 saturated heterocycles. The molecule has 0 aromatic rings. The Morgan fingerprint density at radius 2 is 2.33 bits per heavy atom. The van der Waals surface area contributed by atoms with Crippen molar-refractivity contribution in [1.29, 1.82) is 0 Å². The highest BCUT2D eigenvalue weighted by Crippen LogP contribution is 1.46. The number of amides is 1. The van der Waals surface area contributed by atoms with Gasteiger partial charge >= 0.3 is 6.09 Å². The highest BCUT2D eigenvalue weighted by atomic mass is 16.4. The van der Waals surface area contributed by atoms with Crippen LogP contribution in [0.25, 0.3) is 0 Å². The van der Waals surface area contributed by atoms with Gasteiger partial charge in [0.25, 0.3) is 0 Å². The van der Waals surface area contributed by atoms with Crippen LogP contribution in [0, 0.1) is 0 Å². The molecule has 0 bridgehead atoms. The van der Waals surface area contributed by atoms with E-state index >= 15 is 0 Å². The van der Waals surface area contributed by atoms with E-state index in [9.17, 15) is 4.79 Å². The Hall–Kier alpha value is -0.810. The first kappa shape index (κ1) is 5.19. The van der Waals surface area contributed by atoms with Crippen LogP contribution in [0.5, 0.6) is 0 Å². The molecule has 2 radical (unpaired) electrons. The zero-order valence-electron chi connectivity index (χ0n) is 2.80. The largest absolute Gasteiger partial charge is 0.464 e. The lowest BCUT2D eigenvalue weighted by atomic mass is 11.3. The van der Waals surface area contributed by atoms with Crippen LogP contribution in [0.3, 0.4) is 0 Å². The molecule has 0 saturated carbocycles. The fraction of sp³-hybridized carbons (Fsp3) is 0. The van der Waals surface area contributed by atoms with Crippen molar-refractivity contribution in [2.24, 2.45) is 0 Å². The first-order chi connectivity index (χ1) is 2.77. The van der Waals surface area contributed by atoms with E-state index in [0.29, 0.717) is 0 Å². The second-order valence-electron chi connectivity index (χ2n) is 0.542. The van der Waals surface area contributed by atoms with Crippen LogP contribution in [0.15, 0.2) is 0 Å². The van der Waals surface area contributed by atoms with Gasteiger partial charge in [-0.15, -0.1) is 5.53 Å². The van der Waals surface area contributed by atoms with Gasteiger partial charge in [-0.2, -0.15) is 0 Å². The van der Waals surface area contributed by atoms with Gasteiger partial charge in [0.2, 0.25) is 0 Å². The molecule has 0 unspecified atom stereocenters. The molecule has 0 aromatic carbocycles. The Balaban J connectivity index is 2.83. The summed E-state index contributed by atoms with van der Waals surface area (Å²) in [5.41, 5.74) is 2.65. The Bertz CT molecular complexity index is 52.8. The monoisotopic (exact) mass is 89.0 g/mol. The lowest BCUT2D eigenvalue weighted by Crippen LogP contribution is -2.34. The van der Waals surface area contributed by atoms with E-state index in [-0.39, 0.29) is 0 Å². The first-order valence-corrected chi connectivity index (χ1v) is 1.15. The molecule has 5 heteroatoms. The number of nitrogens with one attached hydrogen (secondary N) is 2. The summed E-state index contributed by atoms with van der Waals surface area (Å²) in [5.74, 6) is 7.49. The van der Waals surface area contributed by atoms with E-state index < -0.39 is 6.09 Å². The van der Waals surface area contributed by atoms with Gasteiger partial charge in [0.05, 0.1) is 0 Å². The van der Waals surface area contributed by atoms with E-state index in [1.54, 1.807) is 0 Å². The molecular formula is CH3N3O2. The maximum Gasteiger partial charge on any atom is 0.420 e. The summed E-state index contributed by atoms with van der Waals surface area (Å²) in [6, 6.07) is 0. The van der Waals surface area contributed by atoms with Crippen molar-refractivity contribution in [2.75, 3.05) is 0 Å². The molecule has 34 valence electrons. The van der Waals surface area contributed by atoms with Crippen LogP contribution in [-0.4, -0.2) is 11.2 Å². The third-order valence-corrected chi connectivity index (χ3v) is 0.163. The Labute approximate surface area is 34.1 Å². The van der Waals surface area contributed by atoms with Gasteiger partial charge in [-0.1, -0.05) is 0 Å². The van der Waals surface area contributed by atoms with E-state index in [1.807, 2.05) is 0 Å². The lowest BCUT2D eigenvalue weighted by Gasteiger charge is -1.87. The normalized spacial score (nSPS) is 7.50. The second-order valence-corrected chi connectivity index (χ2v) is 0.542. The molecule has 6 heavy (non-hydrogen) atoms. The average Bonchev–Trinajstić information content (AvgIpc) is 1.35. The van der Waals surface area contributed by atoms with Crippen molar-refractivity contribution in [3.63, 3.8) is 0 Å². The minimum atomic E-state index is -1.32. The summed E-state index contributed by atoms with van der Waals surface area (Å²) in [6.45, 7) is 0. The van der Waals surface area contributed by atoms with Crippen molar-refractivity contribution in [2.45, 2.75) is 0 Å². The first-order valence-electron chi connectivity index (χ1n) is 1.15. The van der Waals surface area contributed by atoms with Gasteiger partial charge < -0.3 is 5.11 Å². The maximum atomic E-state index is 9.27. The maximum absolute atomic E-state index is 9.27. The Morgan fingerprint density at radius 3 is 2.33 bits per heavy atom. The van der Waals surface area contributed by atoms with E-state index in [4.69, 9.17) is 10.9 Å². The van der Waals surface area contributed by atoms with Crippen molar-refractivity contribution in [3.8, 4) is 0 Å². The van der Waals surface area contributed by atoms with Crippen molar-refractivity contribution < 1.29 is 9.90 Å². The van der Waals surface area contributed by atoms with Crippen LogP contribution < -0.4 is 16.8 Å². The van der Waals surface area contributed by atoms with Crippen LogP contribution in [0.1, 0.15) is 0 Å². The second kappa shape index (κ2) is 2.43. The molecule has 0 heterocycles. The number of nitrogens with zero attached hydrogens (tertiary/aromatic N) is 1. The number of hydrazine groups is 1. The number of hydrogen-bond donors (Lipinski definition) is 3. The minimum absolute atomic E-state index is 1.22. The SMILES string of the molecule is [N]NNC(=O)O. The number of carboxylic acid groups (broad SMARTS) is 1. The van der Waals surface area contributed by atoms with E-state index in [1.165, 1.54) is 11.0 Å². The predicted octanol–water partition coefficient (Wildman–Crippen LogP) is -1.26. The molecule has 0 atom stereocenters. The summed E-state index contributed by atoms with van der Waals surface area (Å²) < 4.78 is 0. The lowest BCUT2D eigenvalue weighted by molar-refractivity contribution is 0.189. The molecule has 5 nitrogen and oxygen atoms in total. The standard InChI is InChI=1S/CH3N3O2/c2-4-3-1(5)6/h3-4H,(H,5,6). The van der Waals surface area contributed by atoms with Crippen molar-refractivity contribution >= 4 is 6.09 Å². The highest BCUT2D eigenvalue weighted by molar-refractivity contribution is 5.63. The van der Waals surface area contributed by atoms with E-state index in [2.05, 4.69) is 0 Å². The third kappa shape index (κ3) is 3.19. The zero-order chi connectivity index (χ0) is 4.99. The predicted molar refractivity (Wildman–Crippen MR) is 16.4 cm³/mol. The minimum Gasteiger partial charge on any atom is -0.464 e. The van der Waals surface area contributed by atoms with Gasteiger partial charge in [-0.25, -0.2) is 10.2 Å². The number of rotatable bonds is 1. The van der Waals surface area contributed by atoms with Crippen molar-refractivity contribution in [1.82, 2.24) is 16.8 Å².